The fourth-order valence-corrected chi connectivity index (χ4v) is 4.98. The number of benzene rings is 1. The summed E-state index contributed by atoms with van der Waals surface area (Å²) in [6.45, 7) is 3.65. The number of aliphatic carboxylic acids is 1. The summed E-state index contributed by atoms with van der Waals surface area (Å²) in [6, 6.07) is 9.23. The zero-order valence-electron chi connectivity index (χ0n) is 21.4. The molecule has 10 heteroatoms. The van der Waals surface area contributed by atoms with E-state index in [1.54, 1.807) is 25.4 Å². The fourth-order valence-electron chi connectivity index (χ4n) is 4.98. The Morgan fingerprint density at radius 1 is 1.11 bits per heavy atom. The number of hydrogen-bond donors (Lipinski definition) is 2. The number of hydrogen-bond acceptors (Lipinski definition) is 8. The molecule has 2 N–H and O–H groups in total. The van der Waals surface area contributed by atoms with Crippen molar-refractivity contribution in [3.63, 3.8) is 0 Å². The third-order valence-electron chi connectivity index (χ3n) is 7.13. The van der Waals surface area contributed by atoms with Gasteiger partial charge in [-0.2, -0.15) is 0 Å². The van der Waals surface area contributed by atoms with Gasteiger partial charge in [0.05, 0.1) is 24.5 Å². The maximum atomic E-state index is 13.2. The second-order valence-electron chi connectivity index (χ2n) is 9.59. The summed E-state index contributed by atoms with van der Waals surface area (Å²) in [5, 5.41) is 13.0. The van der Waals surface area contributed by atoms with Gasteiger partial charge in [0, 0.05) is 48.5 Å². The number of carbonyl (C=O) groups is 2. The second-order valence-corrected chi connectivity index (χ2v) is 9.59. The van der Waals surface area contributed by atoms with Gasteiger partial charge < -0.3 is 29.5 Å². The van der Waals surface area contributed by atoms with Crippen LogP contribution in [0.25, 0.3) is 10.9 Å². The summed E-state index contributed by atoms with van der Waals surface area (Å²) in [7, 11) is 1.54. The molecule has 0 atom stereocenters. The molecule has 0 aliphatic carbocycles. The van der Waals surface area contributed by atoms with Crippen LogP contribution in [0.4, 0.5) is 5.69 Å². The molecule has 1 saturated heterocycles. The monoisotopic (exact) mass is 520 g/mol. The van der Waals surface area contributed by atoms with Crippen LogP contribution < -0.4 is 19.5 Å². The molecule has 0 radical (unpaired) electrons. The van der Waals surface area contributed by atoms with Crippen molar-refractivity contribution in [2.75, 3.05) is 45.3 Å². The number of pyridine rings is 2. The number of aromatic nitrogens is 2. The van der Waals surface area contributed by atoms with Gasteiger partial charge in [-0.05, 0) is 50.0 Å². The molecule has 10 nitrogen and oxygen atoms in total. The number of anilines is 1. The number of carboxylic acids is 1. The maximum absolute atomic E-state index is 13.2. The molecule has 38 heavy (non-hydrogen) atoms. The standard InChI is InChI=1S/C28H32N4O6/c1-36-25-6-4-21-18(3-7-26(33)34)2-5-22(27(21)31-25)30-28(35)19-8-11-32(12-9-19)13-10-20-16-23-24(17-29-20)38-15-14-37-23/h2,4-6,16-17,19H,3,7-15H2,1H3,(H,30,35)(H,33,34). The van der Waals surface area contributed by atoms with E-state index in [4.69, 9.17) is 19.3 Å². The molecule has 200 valence electrons. The normalized spacial score (nSPS) is 15.8. The van der Waals surface area contributed by atoms with Crippen LogP contribution in [0.15, 0.2) is 36.5 Å². The molecular weight excluding hydrogens is 488 g/mol. The summed E-state index contributed by atoms with van der Waals surface area (Å²) < 4.78 is 16.5. The SMILES string of the molecule is COc1ccc2c(CCC(=O)O)ccc(NC(=O)C3CCN(CCc4cc5c(cn4)OCCO5)CC3)c2n1. The van der Waals surface area contributed by atoms with Crippen molar-refractivity contribution < 1.29 is 28.9 Å². The van der Waals surface area contributed by atoms with Crippen LogP contribution >= 0.6 is 0 Å². The average Bonchev–Trinajstić information content (AvgIpc) is 2.95. The first-order chi connectivity index (χ1) is 18.5. The van der Waals surface area contributed by atoms with Crippen molar-refractivity contribution in [3.05, 3.63) is 47.8 Å². The summed E-state index contributed by atoms with van der Waals surface area (Å²) in [5.74, 6) is 0.915. The Labute approximate surface area is 220 Å². The highest BCUT2D eigenvalue weighted by Gasteiger charge is 2.26. The Hall–Kier alpha value is -3.92. The molecule has 0 saturated carbocycles. The van der Waals surface area contributed by atoms with E-state index in [9.17, 15) is 9.59 Å². The van der Waals surface area contributed by atoms with E-state index in [-0.39, 0.29) is 18.2 Å². The Morgan fingerprint density at radius 2 is 1.89 bits per heavy atom. The zero-order chi connectivity index (χ0) is 26.5. The minimum atomic E-state index is -0.856. The Morgan fingerprint density at radius 3 is 2.66 bits per heavy atom. The summed E-state index contributed by atoms with van der Waals surface area (Å²) >= 11 is 0. The number of likely N-dealkylation sites (tertiary alicyclic amines) is 1. The topological polar surface area (TPSA) is 123 Å². The molecule has 0 spiro atoms. The third kappa shape index (κ3) is 5.96. The lowest BCUT2D eigenvalue weighted by Crippen LogP contribution is -2.39. The number of carbonyl (C=O) groups excluding carboxylic acids is 1. The number of piperidine rings is 1. The summed E-state index contributed by atoms with van der Waals surface area (Å²) in [5.41, 5.74) is 3.05. The lowest BCUT2D eigenvalue weighted by molar-refractivity contribution is -0.137. The molecule has 0 bridgehead atoms. The number of rotatable bonds is 9. The minimum absolute atomic E-state index is 0.0239. The van der Waals surface area contributed by atoms with Gasteiger partial charge in [0.15, 0.2) is 11.5 Å². The average molecular weight is 521 g/mol. The first kappa shape index (κ1) is 25.7. The summed E-state index contributed by atoms with van der Waals surface area (Å²) in [6.07, 6.45) is 4.48. The van der Waals surface area contributed by atoms with Gasteiger partial charge in [0.1, 0.15) is 13.2 Å². The molecule has 1 aromatic carbocycles. The molecule has 1 fully saturated rings. The van der Waals surface area contributed by atoms with Crippen molar-refractivity contribution in [1.29, 1.82) is 0 Å². The molecule has 3 aromatic rings. The molecule has 0 unspecified atom stereocenters. The number of nitrogens with one attached hydrogen (secondary N) is 1. The van der Waals surface area contributed by atoms with Crippen molar-refractivity contribution in [1.82, 2.24) is 14.9 Å². The van der Waals surface area contributed by atoms with Crippen molar-refractivity contribution in [3.8, 4) is 17.4 Å². The molecule has 2 aliphatic heterocycles. The van der Waals surface area contributed by atoms with E-state index < -0.39 is 5.97 Å². The van der Waals surface area contributed by atoms with Crippen molar-refractivity contribution in [2.24, 2.45) is 5.92 Å². The zero-order valence-corrected chi connectivity index (χ0v) is 21.4. The van der Waals surface area contributed by atoms with Gasteiger partial charge in [-0.15, -0.1) is 0 Å². The fraction of sp³-hybridized carbons (Fsp3) is 0.429. The highest BCUT2D eigenvalue weighted by atomic mass is 16.6. The van der Waals surface area contributed by atoms with Crippen LogP contribution in [0, 0.1) is 5.92 Å². The molecule has 2 aliphatic rings. The maximum Gasteiger partial charge on any atom is 0.303 e. The Bertz CT molecular complexity index is 1320. The van der Waals surface area contributed by atoms with Gasteiger partial charge >= 0.3 is 5.97 Å². The summed E-state index contributed by atoms with van der Waals surface area (Å²) in [4.78, 5) is 35.7. The largest absolute Gasteiger partial charge is 0.486 e. The van der Waals surface area contributed by atoms with Gasteiger partial charge in [-0.1, -0.05) is 6.07 Å². The van der Waals surface area contributed by atoms with Gasteiger partial charge in [-0.3, -0.25) is 14.6 Å². The lowest BCUT2D eigenvalue weighted by Gasteiger charge is -2.31. The minimum Gasteiger partial charge on any atom is -0.486 e. The van der Waals surface area contributed by atoms with E-state index >= 15 is 0 Å². The first-order valence-corrected chi connectivity index (χ1v) is 13.0. The van der Waals surface area contributed by atoms with Gasteiger partial charge in [-0.25, -0.2) is 4.98 Å². The number of nitrogens with zero attached hydrogens (tertiary/aromatic N) is 3. The van der Waals surface area contributed by atoms with Crippen LogP contribution in [0.2, 0.25) is 0 Å². The van der Waals surface area contributed by atoms with Crippen molar-refractivity contribution in [2.45, 2.75) is 32.1 Å². The molecule has 2 aromatic heterocycles. The molecular formula is C28H32N4O6. The van der Waals surface area contributed by atoms with E-state index in [0.717, 1.165) is 61.3 Å². The van der Waals surface area contributed by atoms with Crippen LogP contribution in [0.1, 0.15) is 30.5 Å². The number of ether oxygens (including phenoxy) is 3. The molecule has 4 heterocycles. The number of aryl methyl sites for hydroxylation is 1. The predicted octanol–water partition coefficient (Wildman–Crippen LogP) is 3.32. The second kappa shape index (κ2) is 11.6. The van der Waals surface area contributed by atoms with E-state index in [1.165, 1.54) is 0 Å². The van der Waals surface area contributed by atoms with Crippen LogP contribution in [0.5, 0.6) is 17.4 Å². The van der Waals surface area contributed by atoms with Gasteiger partial charge in [0.2, 0.25) is 11.8 Å². The van der Waals surface area contributed by atoms with Crippen LogP contribution in [0.3, 0.4) is 0 Å². The van der Waals surface area contributed by atoms with Crippen LogP contribution in [-0.2, 0) is 22.4 Å². The third-order valence-corrected chi connectivity index (χ3v) is 7.13. The number of carboxylic acid groups (broad SMARTS) is 1. The predicted molar refractivity (Wildman–Crippen MR) is 141 cm³/mol. The smallest absolute Gasteiger partial charge is 0.303 e. The quantitative estimate of drug-likeness (QED) is 0.437. The van der Waals surface area contributed by atoms with E-state index in [1.807, 2.05) is 18.2 Å². The molecule has 5 rings (SSSR count). The highest BCUT2D eigenvalue weighted by Crippen LogP contribution is 2.31. The van der Waals surface area contributed by atoms with E-state index in [2.05, 4.69) is 20.2 Å². The lowest BCUT2D eigenvalue weighted by atomic mass is 9.95. The van der Waals surface area contributed by atoms with Crippen molar-refractivity contribution >= 4 is 28.5 Å². The highest BCUT2D eigenvalue weighted by molar-refractivity contribution is 6.02. The molecule has 1 amide bonds. The van der Waals surface area contributed by atoms with Crippen LogP contribution in [-0.4, -0.2) is 71.8 Å². The van der Waals surface area contributed by atoms with E-state index in [0.29, 0.717) is 42.5 Å². The number of methoxy groups -OCH3 is 1. The number of fused-ring (bicyclic) bond motifs is 2. The Balaban J connectivity index is 1.18. The Kier molecular flexibility index (Phi) is 7.88. The number of amides is 1. The van der Waals surface area contributed by atoms with Gasteiger partial charge in [0.25, 0.3) is 0 Å². The first-order valence-electron chi connectivity index (χ1n) is 13.0.